The summed E-state index contributed by atoms with van der Waals surface area (Å²) in [4.78, 5) is 9.50. The van der Waals surface area contributed by atoms with Crippen molar-refractivity contribution in [1.82, 2.24) is 9.97 Å². The Balaban J connectivity index is 1.75. The molecule has 178 valence electrons. The van der Waals surface area contributed by atoms with Crippen molar-refractivity contribution in [3.05, 3.63) is 51.4 Å². The number of nitrogens with zero attached hydrogens (tertiary/aromatic N) is 3. The van der Waals surface area contributed by atoms with Crippen molar-refractivity contribution >= 4 is 77.0 Å². The summed E-state index contributed by atoms with van der Waals surface area (Å²) in [5, 5.41) is 16.5. The molecule has 0 saturated heterocycles. The van der Waals surface area contributed by atoms with Gasteiger partial charge >= 0.3 is 0 Å². The Kier molecular flexibility index (Phi) is 8.18. The van der Waals surface area contributed by atoms with Crippen LogP contribution in [0.2, 0.25) is 4.34 Å². The second-order valence-electron chi connectivity index (χ2n) is 7.65. The third-order valence-electron chi connectivity index (χ3n) is 4.62. The highest BCUT2D eigenvalue weighted by Crippen LogP contribution is 2.28. The van der Waals surface area contributed by atoms with Gasteiger partial charge in [0.1, 0.15) is 10.0 Å². The van der Waals surface area contributed by atoms with Crippen LogP contribution in [0, 0.1) is 0 Å². The maximum absolute atomic E-state index is 12.5. The van der Waals surface area contributed by atoms with E-state index in [0.717, 1.165) is 21.9 Å². The monoisotopic (exact) mass is 591 g/mol. The van der Waals surface area contributed by atoms with Crippen molar-refractivity contribution < 1.29 is 13.5 Å². The summed E-state index contributed by atoms with van der Waals surface area (Å²) in [5.74, 6) is 0.917. The van der Waals surface area contributed by atoms with E-state index >= 15 is 0 Å². The molecule has 0 fully saturated rings. The van der Waals surface area contributed by atoms with Crippen molar-refractivity contribution in [2.45, 2.75) is 41.5 Å². The molecule has 1 unspecified atom stereocenters. The van der Waals surface area contributed by atoms with Crippen LogP contribution >= 0.6 is 38.9 Å². The number of hydrogen-bond acceptors (Lipinski definition) is 8. The van der Waals surface area contributed by atoms with Crippen molar-refractivity contribution in [3.8, 4) is 0 Å². The van der Waals surface area contributed by atoms with Gasteiger partial charge in [0.15, 0.2) is 0 Å². The predicted molar refractivity (Wildman–Crippen MR) is 139 cm³/mol. The number of benzene rings is 1. The minimum Gasteiger partial charge on any atom is -0.388 e. The van der Waals surface area contributed by atoms with Crippen LogP contribution in [0.5, 0.6) is 0 Å². The van der Waals surface area contributed by atoms with E-state index in [4.69, 9.17) is 11.6 Å². The zero-order valence-electron chi connectivity index (χ0n) is 18.2. The van der Waals surface area contributed by atoms with E-state index in [2.05, 4.69) is 40.3 Å². The normalized spacial score (nSPS) is 14.2. The summed E-state index contributed by atoms with van der Waals surface area (Å²) in [6.07, 6.45) is 3.36. The molecule has 3 rings (SSSR count). The van der Waals surface area contributed by atoms with Crippen molar-refractivity contribution in [2.24, 2.45) is 3.77 Å². The van der Waals surface area contributed by atoms with Crippen LogP contribution in [-0.4, -0.2) is 41.4 Å². The lowest BCUT2D eigenvalue weighted by molar-refractivity contribution is 0.0647. The van der Waals surface area contributed by atoms with Gasteiger partial charge in [0.2, 0.25) is 5.95 Å². The lowest BCUT2D eigenvalue weighted by Gasteiger charge is -2.27. The summed E-state index contributed by atoms with van der Waals surface area (Å²) in [7, 11) is -4.64. The van der Waals surface area contributed by atoms with Gasteiger partial charge in [-0.15, -0.1) is 15.1 Å². The van der Waals surface area contributed by atoms with Crippen LogP contribution in [0.15, 0.2) is 59.9 Å². The largest absolute Gasteiger partial charge is 0.388 e. The molecule has 33 heavy (non-hydrogen) atoms. The maximum atomic E-state index is 12.5. The topological polar surface area (TPSA) is 117 Å². The van der Waals surface area contributed by atoms with Gasteiger partial charge in [-0.05, 0) is 79.4 Å². The number of anilines is 3. The first-order valence-electron chi connectivity index (χ1n) is 9.63. The Bertz CT molecular complexity index is 1270. The first-order valence-corrected chi connectivity index (χ1v) is 14.6. The van der Waals surface area contributed by atoms with Crippen LogP contribution in [0.1, 0.15) is 20.8 Å². The van der Waals surface area contributed by atoms with Gasteiger partial charge in [-0.1, -0.05) is 22.3 Å². The molecule has 0 aliphatic carbocycles. The highest BCUT2D eigenvalue weighted by Gasteiger charge is 2.23. The number of hydrogen-bond donors (Lipinski definition) is 3. The second kappa shape index (κ2) is 10.4. The molecule has 13 heteroatoms. The second-order valence-corrected chi connectivity index (χ2v) is 13.9. The molecule has 0 bridgehead atoms. The van der Waals surface area contributed by atoms with E-state index in [1.165, 1.54) is 6.07 Å². The molecule has 0 amide bonds. The fourth-order valence-corrected chi connectivity index (χ4v) is 7.21. The van der Waals surface area contributed by atoms with Gasteiger partial charge in [-0.25, -0.2) is 4.98 Å². The number of halogens is 2. The van der Waals surface area contributed by atoms with Crippen LogP contribution in [0.4, 0.5) is 17.5 Å². The van der Waals surface area contributed by atoms with Crippen molar-refractivity contribution in [2.75, 3.05) is 16.9 Å². The number of nitrogens with one attached hydrogen (secondary N) is 2. The standard InChI is InChI=1S/C20H23BrClN5O3S3/c1-12(20(2,3)28)24-18-15(21)11-23-19(26-18)25-13-5-7-14(8-6-13)32(4)27-33(29,30)17-10-9-16(22)31-17/h5-12,28H,1-4H3,(H2,23,24,25,26)/t12-,32?/m1/s1. The van der Waals surface area contributed by atoms with Crippen LogP contribution in [0.25, 0.3) is 0 Å². The Morgan fingerprint density at radius 3 is 2.48 bits per heavy atom. The summed E-state index contributed by atoms with van der Waals surface area (Å²) < 4.78 is 30.2. The number of thiophene rings is 1. The Labute approximate surface area is 213 Å². The van der Waals surface area contributed by atoms with E-state index in [9.17, 15) is 13.5 Å². The Hall–Kier alpha value is -1.57. The van der Waals surface area contributed by atoms with E-state index in [0.29, 0.717) is 20.6 Å². The summed E-state index contributed by atoms with van der Waals surface area (Å²) in [6, 6.07) is 9.98. The Morgan fingerprint density at radius 2 is 1.91 bits per heavy atom. The molecule has 3 aromatic rings. The lowest BCUT2D eigenvalue weighted by Crippen LogP contribution is -2.39. The van der Waals surface area contributed by atoms with Gasteiger partial charge in [-0.2, -0.15) is 13.4 Å². The minimum absolute atomic E-state index is 0.126. The fourth-order valence-electron chi connectivity index (χ4n) is 2.44. The number of sulfonamides is 1. The average molecular weight is 593 g/mol. The summed E-state index contributed by atoms with van der Waals surface area (Å²) in [5.41, 5.74) is -0.202. The zero-order chi connectivity index (χ0) is 24.4. The first kappa shape index (κ1) is 26.0. The van der Waals surface area contributed by atoms with Gasteiger partial charge in [0.05, 0.1) is 20.5 Å². The molecule has 2 aromatic heterocycles. The van der Waals surface area contributed by atoms with Gasteiger partial charge in [-0.3, -0.25) is 0 Å². The number of aliphatic hydroxyl groups is 1. The highest BCUT2D eigenvalue weighted by molar-refractivity contribution is 9.10. The molecule has 2 heterocycles. The zero-order valence-corrected chi connectivity index (χ0v) is 23.0. The van der Waals surface area contributed by atoms with Gasteiger partial charge in [0, 0.05) is 16.8 Å². The third-order valence-corrected chi connectivity index (χ3v) is 10.4. The highest BCUT2D eigenvalue weighted by atomic mass is 79.9. The SMILES string of the molecule is C[C@@H](Nc1nc(Nc2ccc(/S(C)=N/S(=O)(=O)c3ccc(Cl)s3)cc2)ncc1Br)C(C)(C)O. The molecule has 3 N–H and O–H groups in total. The van der Waals surface area contributed by atoms with Crippen molar-refractivity contribution in [1.29, 1.82) is 0 Å². The molecule has 2 atom stereocenters. The average Bonchev–Trinajstić information content (AvgIpc) is 3.17. The molecule has 0 aliphatic rings. The summed E-state index contributed by atoms with van der Waals surface area (Å²) in [6.45, 7) is 5.30. The predicted octanol–water partition coefficient (Wildman–Crippen LogP) is 5.45. The molecule has 0 spiro atoms. The van der Waals surface area contributed by atoms with E-state index in [1.54, 1.807) is 56.6 Å². The van der Waals surface area contributed by atoms with E-state index < -0.39 is 26.3 Å². The minimum atomic E-state index is -3.77. The third kappa shape index (κ3) is 6.96. The van der Waals surface area contributed by atoms with Crippen LogP contribution in [-0.2, 0) is 20.7 Å². The van der Waals surface area contributed by atoms with Gasteiger partial charge < -0.3 is 15.7 Å². The summed E-state index contributed by atoms with van der Waals surface area (Å²) >= 11 is 10.2. The fraction of sp³-hybridized carbons (Fsp3) is 0.300. The van der Waals surface area contributed by atoms with E-state index in [1.807, 2.05) is 6.92 Å². The Morgan fingerprint density at radius 1 is 1.24 bits per heavy atom. The van der Waals surface area contributed by atoms with Crippen LogP contribution < -0.4 is 10.6 Å². The number of rotatable bonds is 8. The lowest BCUT2D eigenvalue weighted by atomic mass is 10.0. The van der Waals surface area contributed by atoms with E-state index in [-0.39, 0.29) is 10.3 Å². The van der Waals surface area contributed by atoms with Crippen LogP contribution in [0.3, 0.4) is 0 Å². The molecular formula is C20H23BrClN5O3S3. The quantitative estimate of drug-likeness (QED) is 0.319. The molecule has 0 saturated carbocycles. The molecule has 0 radical (unpaired) electrons. The molecule has 8 nitrogen and oxygen atoms in total. The molecule has 1 aromatic carbocycles. The molecular weight excluding hydrogens is 570 g/mol. The smallest absolute Gasteiger partial charge is 0.297 e. The van der Waals surface area contributed by atoms with Crippen molar-refractivity contribution in [3.63, 3.8) is 0 Å². The number of aromatic nitrogens is 2. The molecule has 0 aliphatic heterocycles. The first-order chi connectivity index (χ1) is 15.3. The maximum Gasteiger partial charge on any atom is 0.297 e. The van der Waals surface area contributed by atoms with Gasteiger partial charge in [0.25, 0.3) is 10.0 Å².